The molecule has 4 heteroatoms. The average Bonchev–Trinajstić information content (AvgIpc) is 2.56. The molecular formula is C19H29NO3. The number of aliphatic hydroxyl groups is 2. The fraction of sp³-hybridized carbons (Fsp3) is 0.579. The van der Waals surface area contributed by atoms with Gasteiger partial charge in [-0.3, -0.25) is 4.90 Å². The van der Waals surface area contributed by atoms with Crippen molar-refractivity contribution in [3.63, 3.8) is 0 Å². The summed E-state index contributed by atoms with van der Waals surface area (Å²) >= 11 is 0. The van der Waals surface area contributed by atoms with Crippen LogP contribution in [0, 0.1) is 5.41 Å². The molecule has 1 aromatic rings. The van der Waals surface area contributed by atoms with E-state index in [1.54, 1.807) is 6.08 Å². The third-order valence-corrected chi connectivity index (χ3v) is 4.80. The number of benzene rings is 1. The summed E-state index contributed by atoms with van der Waals surface area (Å²) in [6.45, 7) is 8.63. The maximum Gasteiger partial charge on any atom is 0.120 e. The fourth-order valence-electron chi connectivity index (χ4n) is 3.42. The Hall–Kier alpha value is -1.36. The standard InChI is InChI=1S/C19H29NO3/c1-3-8-19(15-21)9-10-20(14-18(19)22)13-16-6-5-7-17(12-16)23-11-4-2/h4-7,12,18,21-22H,2-3,8-11,13-15H2,1H3/t18-,19-/m1/s1. The highest BCUT2D eigenvalue weighted by atomic mass is 16.5. The highest BCUT2D eigenvalue weighted by Gasteiger charge is 2.40. The van der Waals surface area contributed by atoms with Gasteiger partial charge in [0.15, 0.2) is 0 Å². The normalized spacial score (nSPS) is 25.3. The Kier molecular flexibility index (Phi) is 6.63. The van der Waals surface area contributed by atoms with E-state index in [0.29, 0.717) is 13.2 Å². The molecule has 0 spiro atoms. The Morgan fingerprint density at radius 2 is 2.30 bits per heavy atom. The minimum absolute atomic E-state index is 0.0702. The van der Waals surface area contributed by atoms with Crippen LogP contribution in [0.15, 0.2) is 36.9 Å². The van der Waals surface area contributed by atoms with Crippen molar-refractivity contribution in [1.29, 1.82) is 0 Å². The first-order chi connectivity index (χ1) is 11.1. The lowest BCUT2D eigenvalue weighted by molar-refractivity contribution is -0.0802. The van der Waals surface area contributed by atoms with E-state index in [-0.39, 0.29) is 12.0 Å². The molecule has 2 rings (SSSR count). The van der Waals surface area contributed by atoms with Gasteiger partial charge in [0.25, 0.3) is 0 Å². The lowest BCUT2D eigenvalue weighted by Gasteiger charge is -2.44. The molecule has 0 amide bonds. The summed E-state index contributed by atoms with van der Waals surface area (Å²) in [5, 5.41) is 20.3. The molecule has 0 bridgehead atoms. The average molecular weight is 319 g/mol. The lowest BCUT2D eigenvalue weighted by atomic mass is 9.73. The van der Waals surface area contributed by atoms with E-state index in [1.807, 2.05) is 18.2 Å². The molecule has 0 saturated carbocycles. The Morgan fingerprint density at radius 3 is 2.96 bits per heavy atom. The fourth-order valence-corrected chi connectivity index (χ4v) is 3.42. The Morgan fingerprint density at radius 1 is 1.48 bits per heavy atom. The molecule has 2 atom stereocenters. The number of piperidine rings is 1. The van der Waals surface area contributed by atoms with E-state index < -0.39 is 6.10 Å². The maximum absolute atomic E-state index is 10.5. The van der Waals surface area contributed by atoms with Crippen LogP contribution < -0.4 is 4.74 Å². The van der Waals surface area contributed by atoms with Crippen LogP contribution in [0.25, 0.3) is 0 Å². The topological polar surface area (TPSA) is 52.9 Å². The zero-order valence-electron chi connectivity index (χ0n) is 14.1. The van der Waals surface area contributed by atoms with Gasteiger partial charge in [-0.15, -0.1) is 0 Å². The maximum atomic E-state index is 10.5. The SMILES string of the molecule is C=CCOc1cccc(CN2CC[C@@](CO)(CCC)[C@H](O)C2)c1. The quantitative estimate of drug-likeness (QED) is 0.723. The molecule has 0 unspecified atom stereocenters. The number of hydrogen-bond donors (Lipinski definition) is 2. The summed E-state index contributed by atoms with van der Waals surface area (Å²) in [6.07, 6.45) is 3.96. The van der Waals surface area contributed by atoms with Crippen LogP contribution in [0.5, 0.6) is 5.75 Å². The molecule has 2 N–H and O–H groups in total. The Bertz CT molecular complexity index is 505. The van der Waals surface area contributed by atoms with Gasteiger partial charge in [0.05, 0.1) is 12.7 Å². The van der Waals surface area contributed by atoms with E-state index >= 15 is 0 Å². The smallest absolute Gasteiger partial charge is 0.120 e. The van der Waals surface area contributed by atoms with Crippen LogP contribution in [0.4, 0.5) is 0 Å². The second kappa shape index (κ2) is 8.48. The van der Waals surface area contributed by atoms with E-state index in [0.717, 1.165) is 38.1 Å². The summed E-state index contributed by atoms with van der Waals surface area (Å²) in [6, 6.07) is 8.04. The summed E-state index contributed by atoms with van der Waals surface area (Å²) < 4.78 is 5.57. The summed E-state index contributed by atoms with van der Waals surface area (Å²) in [4.78, 5) is 2.25. The van der Waals surface area contributed by atoms with Crippen molar-refractivity contribution in [1.82, 2.24) is 4.90 Å². The Labute approximate surface area is 139 Å². The first-order valence-electron chi connectivity index (χ1n) is 8.47. The van der Waals surface area contributed by atoms with E-state index in [2.05, 4.69) is 24.5 Å². The number of aliphatic hydroxyl groups excluding tert-OH is 2. The van der Waals surface area contributed by atoms with Crippen LogP contribution in [-0.2, 0) is 6.54 Å². The number of rotatable bonds is 8. The van der Waals surface area contributed by atoms with Crippen LogP contribution in [-0.4, -0.2) is 47.5 Å². The molecule has 23 heavy (non-hydrogen) atoms. The molecule has 1 saturated heterocycles. The second-order valence-corrected chi connectivity index (χ2v) is 6.52. The van der Waals surface area contributed by atoms with Crippen LogP contribution in [0.1, 0.15) is 31.7 Å². The molecular weight excluding hydrogens is 290 g/mol. The van der Waals surface area contributed by atoms with Gasteiger partial charge in [-0.2, -0.15) is 0 Å². The molecule has 1 aromatic carbocycles. The monoisotopic (exact) mass is 319 g/mol. The molecule has 4 nitrogen and oxygen atoms in total. The molecule has 0 aliphatic carbocycles. The summed E-state index contributed by atoms with van der Waals surface area (Å²) in [7, 11) is 0. The van der Waals surface area contributed by atoms with Gasteiger partial charge in [-0.1, -0.05) is 38.1 Å². The number of ether oxygens (including phenoxy) is 1. The molecule has 1 aliphatic rings. The van der Waals surface area contributed by atoms with Crippen LogP contribution >= 0.6 is 0 Å². The lowest BCUT2D eigenvalue weighted by Crippen LogP contribution is -2.52. The van der Waals surface area contributed by atoms with Gasteiger partial charge in [-0.25, -0.2) is 0 Å². The second-order valence-electron chi connectivity index (χ2n) is 6.52. The van der Waals surface area contributed by atoms with E-state index in [1.165, 1.54) is 5.56 Å². The predicted octanol–water partition coefficient (Wildman–Crippen LogP) is 2.60. The van der Waals surface area contributed by atoms with Crippen molar-refractivity contribution >= 4 is 0 Å². The number of nitrogens with zero attached hydrogens (tertiary/aromatic N) is 1. The van der Waals surface area contributed by atoms with Gasteiger partial charge in [0, 0.05) is 18.5 Å². The van der Waals surface area contributed by atoms with Gasteiger partial charge in [0.1, 0.15) is 12.4 Å². The van der Waals surface area contributed by atoms with E-state index in [4.69, 9.17) is 4.74 Å². The molecule has 0 aromatic heterocycles. The van der Waals surface area contributed by atoms with Crippen LogP contribution in [0.2, 0.25) is 0 Å². The van der Waals surface area contributed by atoms with Crippen molar-refractivity contribution in [2.75, 3.05) is 26.3 Å². The highest BCUT2D eigenvalue weighted by molar-refractivity contribution is 5.28. The third kappa shape index (κ3) is 4.56. The summed E-state index contributed by atoms with van der Waals surface area (Å²) in [5.74, 6) is 0.843. The largest absolute Gasteiger partial charge is 0.490 e. The van der Waals surface area contributed by atoms with Gasteiger partial charge in [-0.05, 0) is 37.1 Å². The van der Waals surface area contributed by atoms with Crippen molar-refractivity contribution < 1.29 is 14.9 Å². The number of likely N-dealkylation sites (tertiary alicyclic amines) is 1. The van der Waals surface area contributed by atoms with Gasteiger partial charge < -0.3 is 14.9 Å². The zero-order chi connectivity index (χ0) is 16.7. The van der Waals surface area contributed by atoms with E-state index in [9.17, 15) is 10.2 Å². The molecule has 1 fully saturated rings. The van der Waals surface area contributed by atoms with Crippen molar-refractivity contribution in [3.05, 3.63) is 42.5 Å². The third-order valence-electron chi connectivity index (χ3n) is 4.80. The van der Waals surface area contributed by atoms with Crippen LogP contribution in [0.3, 0.4) is 0 Å². The minimum atomic E-state index is -0.471. The molecule has 1 aliphatic heterocycles. The number of β-amino-alcohol motifs (C(OH)–C–C–N with tert-alkyl or cyclic N) is 1. The predicted molar refractivity (Wildman–Crippen MR) is 92.5 cm³/mol. The molecule has 0 radical (unpaired) electrons. The van der Waals surface area contributed by atoms with Crippen molar-refractivity contribution in [2.45, 2.75) is 38.8 Å². The first-order valence-corrected chi connectivity index (χ1v) is 8.47. The summed E-state index contributed by atoms with van der Waals surface area (Å²) in [5.41, 5.74) is 0.853. The molecule has 1 heterocycles. The highest BCUT2D eigenvalue weighted by Crippen LogP contribution is 2.36. The Balaban J connectivity index is 1.96. The van der Waals surface area contributed by atoms with Crippen molar-refractivity contribution in [3.8, 4) is 5.75 Å². The minimum Gasteiger partial charge on any atom is -0.490 e. The zero-order valence-corrected chi connectivity index (χ0v) is 14.1. The first kappa shape index (κ1) is 18.0. The van der Waals surface area contributed by atoms with Gasteiger partial charge in [0.2, 0.25) is 0 Å². The number of hydrogen-bond acceptors (Lipinski definition) is 4. The van der Waals surface area contributed by atoms with Crippen molar-refractivity contribution in [2.24, 2.45) is 5.41 Å². The van der Waals surface area contributed by atoms with Gasteiger partial charge >= 0.3 is 0 Å². The molecule has 128 valence electrons.